The summed E-state index contributed by atoms with van der Waals surface area (Å²) < 4.78 is 33.0. The summed E-state index contributed by atoms with van der Waals surface area (Å²) in [6.45, 7) is 2.79. The van der Waals surface area contributed by atoms with Gasteiger partial charge in [-0.3, -0.25) is 5.10 Å². The summed E-state index contributed by atoms with van der Waals surface area (Å²) in [7, 11) is -3.49. The van der Waals surface area contributed by atoms with E-state index in [0.717, 1.165) is 22.4 Å². The third-order valence-corrected chi connectivity index (χ3v) is 7.75. The molecule has 0 unspecified atom stereocenters. The van der Waals surface area contributed by atoms with Crippen molar-refractivity contribution in [1.29, 1.82) is 0 Å². The molecule has 0 atom stereocenters. The van der Waals surface area contributed by atoms with E-state index in [-0.39, 0.29) is 5.92 Å². The molecule has 0 bridgehead atoms. The second kappa shape index (κ2) is 8.33. The molecule has 32 heavy (non-hydrogen) atoms. The van der Waals surface area contributed by atoms with Gasteiger partial charge in [-0.25, -0.2) is 8.42 Å². The van der Waals surface area contributed by atoms with E-state index in [4.69, 9.17) is 4.52 Å². The molecule has 5 rings (SSSR count). The molecule has 164 valence electrons. The van der Waals surface area contributed by atoms with Crippen LogP contribution in [0.1, 0.15) is 30.2 Å². The zero-order valence-electron chi connectivity index (χ0n) is 17.6. The first-order valence-corrected chi connectivity index (χ1v) is 12.0. The van der Waals surface area contributed by atoms with Crippen molar-refractivity contribution in [3.8, 4) is 22.6 Å². The molecule has 1 fully saturated rings. The van der Waals surface area contributed by atoms with Crippen LogP contribution in [0.15, 0.2) is 70.2 Å². The van der Waals surface area contributed by atoms with Crippen LogP contribution in [-0.4, -0.2) is 46.2 Å². The van der Waals surface area contributed by atoms with E-state index >= 15 is 0 Å². The van der Waals surface area contributed by atoms with E-state index in [0.29, 0.717) is 42.5 Å². The molecular formula is C23H23N5O3S. The van der Waals surface area contributed by atoms with Gasteiger partial charge in [-0.1, -0.05) is 41.1 Å². The highest BCUT2D eigenvalue weighted by Crippen LogP contribution is 2.31. The van der Waals surface area contributed by atoms with Gasteiger partial charge in [-0.15, -0.1) is 0 Å². The van der Waals surface area contributed by atoms with Gasteiger partial charge in [0.2, 0.25) is 21.7 Å². The Labute approximate surface area is 186 Å². The molecule has 1 aliphatic heterocycles. The Hall–Kier alpha value is -3.30. The molecule has 8 nitrogen and oxygen atoms in total. The van der Waals surface area contributed by atoms with Crippen LogP contribution >= 0.6 is 0 Å². The fourth-order valence-corrected chi connectivity index (χ4v) is 5.43. The number of hydrogen-bond donors (Lipinski definition) is 1. The van der Waals surface area contributed by atoms with Crippen LogP contribution in [-0.2, 0) is 10.0 Å². The molecule has 0 amide bonds. The van der Waals surface area contributed by atoms with Gasteiger partial charge in [0.25, 0.3) is 0 Å². The molecule has 2 aromatic heterocycles. The lowest BCUT2D eigenvalue weighted by Gasteiger charge is -2.29. The molecule has 1 saturated heterocycles. The topological polar surface area (TPSA) is 105 Å². The van der Waals surface area contributed by atoms with Crippen molar-refractivity contribution in [2.24, 2.45) is 0 Å². The number of nitrogens with zero attached hydrogens (tertiary/aromatic N) is 4. The van der Waals surface area contributed by atoms with Gasteiger partial charge >= 0.3 is 0 Å². The Balaban J connectivity index is 1.28. The van der Waals surface area contributed by atoms with E-state index in [1.54, 1.807) is 22.6 Å². The number of H-pyrrole nitrogens is 1. The van der Waals surface area contributed by atoms with Crippen LogP contribution < -0.4 is 0 Å². The quantitative estimate of drug-likeness (QED) is 0.494. The molecule has 0 spiro atoms. The summed E-state index contributed by atoms with van der Waals surface area (Å²) in [5.74, 6) is 1.12. The average Bonchev–Trinajstić information content (AvgIpc) is 3.52. The largest absolute Gasteiger partial charge is 0.339 e. The predicted octanol–water partition coefficient (Wildman–Crippen LogP) is 4.00. The van der Waals surface area contributed by atoms with Gasteiger partial charge in [-0.05, 0) is 44.0 Å². The number of hydrogen-bond acceptors (Lipinski definition) is 6. The Kier molecular flexibility index (Phi) is 5.36. The predicted molar refractivity (Wildman–Crippen MR) is 119 cm³/mol. The minimum absolute atomic E-state index is 0.0384. The third kappa shape index (κ3) is 3.96. The van der Waals surface area contributed by atoms with E-state index in [1.165, 1.54) is 0 Å². The monoisotopic (exact) mass is 449 g/mol. The zero-order chi connectivity index (χ0) is 22.1. The smallest absolute Gasteiger partial charge is 0.243 e. The van der Waals surface area contributed by atoms with Crippen LogP contribution in [0.2, 0.25) is 0 Å². The maximum atomic E-state index is 12.9. The summed E-state index contributed by atoms with van der Waals surface area (Å²) in [6.07, 6.45) is 2.99. The minimum atomic E-state index is -3.49. The Morgan fingerprint density at radius 1 is 1.03 bits per heavy atom. The normalized spacial score (nSPS) is 15.8. The van der Waals surface area contributed by atoms with Gasteiger partial charge in [0.05, 0.1) is 10.6 Å². The summed E-state index contributed by atoms with van der Waals surface area (Å²) in [5.41, 5.74) is 3.79. The van der Waals surface area contributed by atoms with Crippen LogP contribution in [0.3, 0.4) is 0 Å². The number of aromatic nitrogens is 4. The van der Waals surface area contributed by atoms with Gasteiger partial charge in [-0.2, -0.15) is 14.4 Å². The highest BCUT2D eigenvalue weighted by molar-refractivity contribution is 7.89. The first-order chi connectivity index (χ1) is 15.5. The molecule has 0 saturated carbocycles. The molecule has 3 heterocycles. The molecule has 0 radical (unpaired) electrons. The van der Waals surface area contributed by atoms with E-state index < -0.39 is 10.0 Å². The second-order valence-electron chi connectivity index (χ2n) is 8.00. The van der Waals surface area contributed by atoms with Gasteiger partial charge < -0.3 is 4.52 Å². The van der Waals surface area contributed by atoms with E-state index in [1.807, 2.05) is 49.4 Å². The number of aromatic amines is 1. The highest BCUT2D eigenvalue weighted by atomic mass is 32.2. The lowest BCUT2D eigenvalue weighted by Crippen LogP contribution is -2.37. The number of rotatable bonds is 5. The molecule has 1 N–H and O–H groups in total. The molecular weight excluding hydrogens is 426 g/mol. The van der Waals surface area contributed by atoms with Crippen LogP contribution in [0.5, 0.6) is 0 Å². The Morgan fingerprint density at radius 2 is 1.78 bits per heavy atom. The van der Waals surface area contributed by atoms with Crippen LogP contribution in [0, 0.1) is 6.92 Å². The lowest BCUT2D eigenvalue weighted by molar-refractivity contribution is 0.271. The number of sulfonamides is 1. The number of aryl methyl sites for hydroxylation is 1. The lowest BCUT2D eigenvalue weighted by atomic mass is 9.98. The summed E-state index contributed by atoms with van der Waals surface area (Å²) in [4.78, 5) is 4.94. The fraction of sp³-hybridized carbons (Fsp3) is 0.261. The molecule has 9 heteroatoms. The number of benzene rings is 2. The first-order valence-electron chi connectivity index (χ1n) is 10.5. The van der Waals surface area contributed by atoms with Crippen LogP contribution in [0.4, 0.5) is 0 Å². The van der Waals surface area contributed by atoms with Gasteiger partial charge in [0.15, 0.2) is 0 Å². The molecule has 0 aliphatic carbocycles. The Bertz CT molecular complexity index is 1310. The summed E-state index contributed by atoms with van der Waals surface area (Å²) in [5, 5.41) is 11.1. The van der Waals surface area contributed by atoms with Crippen molar-refractivity contribution in [3.05, 3.63) is 72.2 Å². The van der Waals surface area contributed by atoms with E-state index in [2.05, 4.69) is 20.3 Å². The average molecular weight is 450 g/mol. The number of nitrogens with one attached hydrogen (secondary N) is 1. The molecule has 1 aliphatic rings. The zero-order valence-corrected chi connectivity index (χ0v) is 18.4. The SMILES string of the molecule is Cc1ccc(S(=O)(=O)N2CCC(c3nc(-c4cccc(-c5ccn[nH]5)c4)no3)CC2)cc1. The maximum Gasteiger partial charge on any atom is 0.243 e. The summed E-state index contributed by atoms with van der Waals surface area (Å²) in [6, 6.07) is 16.7. The van der Waals surface area contributed by atoms with E-state index in [9.17, 15) is 8.42 Å². The van der Waals surface area contributed by atoms with Crippen molar-refractivity contribution >= 4 is 10.0 Å². The first kappa shape index (κ1) is 20.6. The maximum absolute atomic E-state index is 12.9. The third-order valence-electron chi connectivity index (χ3n) is 5.84. The van der Waals surface area contributed by atoms with Crippen molar-refractivity contribution in [3.63, 3.8) is 0 Å². The summed E-state index contributed by atoms with van der Waals surface area (Å²) >= 11 is 0. The van der Waals surface area contributed by atoms with Crippen molar-refractivity contribution in [2.45, 2.75) is 30.6 Å². The number of piperidine rings is 1. The van der Waals surface area contributed by atoms with Crippen molar-refractivity contribution in [2.75, 3.05) is 13.1 Å². The molecule has 4 aromatic rings. The van der Waals surface area contributed by atoms with Crippen LogP contribution in [0.25, 0.3) is 22.6 Å². The van der Waals surface area contributed by atoms with Crippen molar-refractivity contribution < 1.29 is 12.9 Å². The molecule has 2 aromatic carbocycles. The minimum Gasteiger partial charge on any atom is -0.339 e. The fourth-order valence-electron chi connectivity index (χ4n) is 3.96. The van der Waals surface area contributed by atoms with Crippen molar-refractivity contribution in [1.82, 2.24) is 24.6 Å². The standard InChI is InChI=1S/C23H23N5O3S/c1-16-5-7-20(8-6-16)32(29,30)28-13-10-17(11-14-28)23-25-22(27-31-23)19-4-2-3-18(15-19)21-9-12-24-26-21/h2-9,12,15,17H,10-11,13-14H2,1H3,(H,24,26). The van der Waals surface area contributed by atoms with Gasteiger partial charge in [0.1, 0.15) is 0 Å². The van der Waals surface area contributed by atoms with Gasteiger partial charge in [0, 0.05) is 36.3 Å². The highest BCUT2D eigenvalue weighted by Gasteiger charge is 2.32. The Morgan fingerprint density at radius 3 is 2.50 bits per heavy atom. The second-order valence-corrected chi connectivity index (χ2v) is 9.94.